The molecule has 0 aliphatic rings. The summed E-state index contributed by atoms with van der Waals surface area (Å²) in [6.45, 7) is 1.23. The highest BCUT2D eigenvalue weighted by Crippen LogP contribution is 2.36. The molecule has 0 spiro atoms. The molecule has 1 aromatic carbocycles. The second-order valence-corrected chi connectivity index (χ2v) is 3.60. The van der Waals surface area contributed by atoms with E-state index in [0.717, 1.165) is 6.07 Å². The Bertz CT molecular complexity index is 516. The first-order valence-corrected chi connectivity index (χ1v) is 4.94. The minimum absolute atomic E-state index is 0.336. The Morgan fingerprint density at radius 1 is 1.47 bits per heavy atom. The molecule has 1 amide bonds. The monoisotopic (exact) mass is 278 g/mol. The third kappa shape index (κ3) is 3.57. The Balaban J connectivity index is 3.19. The summed E-state index contributed by atoms with van der Waals surface area (Å²) in [4.78, 5) is 20.4. The molecule has 1 atom stereocenters. The van der Waals surface area contributed by atoms with Gasteiger partial charge in [0.1, 0.15) is 0 Å². The maximum Gasteiger partial charge on any atom is 0.416 e. The van der Waals surface area contributed by atoms with E-state index in [1.54, 1.807) is 0 Å². The molecular formula is C10H9F3N2O4. The highest BCUT2D eigenvalue weighted by molar-refractivity contribution is 5.78. The normalized spacial score (nSPS) is 12.8. The van der Waals surface area contributed by atoms with Gasteiger partial charge in [-0.05, 0) is 19.1 Å². The molecule has 1 rings (SSSR count). The molecule has 0 heterocycles. The summed E-state index contributed by atoms with van der Waals surface area (Å²) in [5.74, 6) is -1.35. The Labute approximate surface area is 105 Å². The molecule has 2 N–H and O–H groups in total. The van der Waals surface area contributed by atoms with Gasteiger partial charge >= 0.3 is 11.9 Å². The minimum Gasteiger partial charge on any atom is -0.474 e. The molecule has 1 unspecified atom stereocenters. The molecule has 9 heteroatoms. The fourth-order valence-electron chi connectivity index (χ4n) is 1.18. The van der Waals surface area contributed by atoms with Crippen LogP contribution in [0, 0.1) is 10.1 Å². The summed E-state index contributed by atoms with van der Waals surface area (Å²) in [5, 5.41) is 10.7. The maximum atomic E-state index is 12.4. The first-order chi connectivity index (χ1) is 8.62. The fraction of sp³-hybridized carbons (Fsp3) is 0.300. The van der Waals surface area contributed by atoms with Gasteiger partial charge in [-0.15, -0.1) is 0 Å². The lowest BCUT2D eigenvalue weighted by Gasteiger charge is -2.12. The number of nitrogens with two attached hydrogens (primary N) is 1. The highest BCUT2D eigenvalue weighted by Gasteiger charge is 2.33. The summed E-state index contributed by atoms with van der Waals surface area (Å²) < 4.78 is 42.1. The molecule has 0 aliphatic carbocycles. The molecule has 0 aliphatic heterocycles. The Hall–Kier alpha value is -2.32. The number of ether oxygens (including phenoxy) is 1. The topological polar surface area (TPSA) is 95.5 Å². The summed E-state index contributed by atoms with van der Waals surface area (Å²) in [7, 11) is 0. The molecule has 6 nitrogen and oxygen atoms in total. The summed E-state index contributed by atoms with van der Waals surface area (Å²) in [6.07, 6.45) is -5.91. The molecule has 0 bridgehead atoms. The van der Waals surface area contributed by atoms with Gasteiger partial charge in [-0.25, -0.2) is 0 Å². The zero-order chi connectivity index (χ0) is 14.8. The van der Waals surface area contributed by atoms with Gasteiger partial charge in [0.25, 0.3) is 5.91 Å². The molecule has 19 heavy (non-hydrogen) atoms. The minimum atomic E-state index is -4.71. The van der Waals surface area contributed by atoms with Crippen molar-refractivity contribution in [1.29, 1.82) is 0 Å². The predicted octanol–water partition coefficient (Wildman–Crippen LogP) is 1.87. The molecule has 0 saturated carbocycles. The molecule has 104 valence electrons. The van der Waals surface area contributed by atoms with Crippen molar-refractivity contribution in [3.8, 4) is 5.75 Å². The summed E-state index contributed by atoms with van der Waals surface area (Å²) in [5.41, 5.74) is 2.83. The number of amides is 1. The molecule has 1 aromatic rings. The van der Waals surface area contributed by atoms with E-state index in [1.807, 2.05) is 0 Å². The van der Waals surface area contributed by atoms with Crippen molar-refractivity contribution in [2.24, 2.45) is 5.73 Å². The van der Waals surface area contributed by atoms with Crippen LogP contribution in [0.25, 0.3) is 0 Å². The molecule has 0 radical (unpaired) electrons. The van der Waals surface area contributed by atoms with Crippen molar-refractivity contribution < 1.29 is 27.6 Å². The average Bonchev–Trinajstić information content (AvgIpc) is 2.27. The lowest BCUT2D eigenvalue weighted by molar-refractivity contribution is -0.386. The van der Waals surface area contributed by atoms with Gasteiger partial charge in [0.15, 0.2) is 11.9 Å². The van der Waals surface area contributed by atoms with Gasteiger partial charge in [-0.1, -0.05) is 0 Å². The van der Waals surface area contributed by atoms with Gasteiger partial charge in [-0.2, -0.15) is 13.2 Å². The lowest BCUT2D eigenvalue weighted by Crippen LogP contribution is -2.30. The van der Waals surface area contributed by atoms with Crippen LogP contribution in [0.15, 0.2) is 18.2 Å². The zero-order valence-corrected chi connectivity index (χ0v) is 9.60. The van der Waals surface area contributed by atoms with Crippen LogP contribution in [0.1, 0.15) is 12.5 Å². The van der Waals surface area contributed by atoms with Gasteiger partial charge in [-0.3, -0.25) is 14.9 Å². The van der Waals surface area contributed by atoms with E-state index in [0.29, 0.717) is 12.1 Å². The number of halogens is 3. The van der Waals surface area contributed by atoms with Crippen molar-refractivity contribution in [3.05, 3.63) is 33.9 Å². The molecule has 0 fully saturated rings. The number of nitro benzene ring substituents is 1. The fourth-order valence-corrected chi connectivity index (χ4v) is 1.18. The van der Waals surface area contributed by atoms with E-state index in [9.17, 15) is 28.1 Å². The maximum absolute atomic E-state index is 12.4. The number of carbonyl (C=O) groups excluding carboxylic acids is 1. The number of nitrogens with zero attached hydrogens (tertiary/aromatic N) is 1. The Morgan fingerprint density at radius 3 is 2.47 bits per heavy atom. The van der Waals surface area contributed by atoms with Crippen molar-refractivity contribution in [3.63, 3.8) is 0 Å². The number of hydrogen-bond donors (Lipinski definition) is 1. The number of carbonyl (C=O) groups is 1. The summed E-state index contributed by atoms with van der Waals surface area (Å²) in [6, 6.07) is 1.74. The van der Waals surface area contributed by atoms with Crippen LogP contribution in [0.2, 0.25) is 0 Å². The van der Waals surface area contributed by atoms with Crippen LogP contribution in [0.4, 0.5) is 18.9 Å². The van der Waals surface area contributed by atoms with Crippen molar-refractivity contribution in [2.75, 3.05) is 0 Å². The first kappa shape index (κ1) is 14.7. The quantitative estimate of drug-likeness (QED) is 0.671. The van der Waals surface area contributed by atoms with Crippen LogP contribution >= 0.6 is 0 Å². The van der Waals surface area contributed by atoms with Gasteiger partial charge < -0.3 is 10.5 Å². The van der Waals surface area contributed by atoms with E-state index in [-0.39, 0.29) is 0 Å². The third-order valence-corrected chi connectivity index (χ3v) is 2.19. The number of hydrogen-bond acceptors (Lipinski definition) is 4. The van der Waals surface area contributed by atoms with Gasteiger partial charge in [0.2, 0.25) is 0 Å². The average molecular weight is 278 g/mol. The van der Waals surface area contributed by atoms with Crippen molar-refractivity contribution in [1.82, 2.24) is 0 Å². The van der Waals surface area contributed by atoms with E-state index in [4.69, 9.17) is 10.5 Å². The van der Waals surface area contributed by atoms with Crippen molar-refractivity contribution in [2.45, 2.75) is 19.2 Å². The SMILES string of the molecule is CC(Oc1ccc(C(F)(F)F)cc1[N+](=O)[O-])C(N)=O. The van der Waals surface area contributed by atoms with Crippen LogP contribution in [0.3, 0.4) is 0 Å². The number of benzene rings is 1. The predicted molar refractivity (Wildman–Crippen MR) is 57.4 cm³/mol. The smallest absolute Gasteiger partial charge is 0.416 e. The van der Waals surface area contributed by atoms with Gasteiger partial charge in [0, 0.05) is 6.07 Å². The molecule has 0 saturated heterocycles. The third-order valence-electron chi connectivity index (χ3n) is 2.19. The van der Waals surface area contributed by atoms with Crippen molar-refractivity contribution >= 4 is 11.6 Å². The zero-order valence-electron chi connectivity index (χ0n) is 9.60. The second-order valence-electron chi connectivity index (χ2n) is 3.60. The number of primary amides is 1. The Morgan fingerprint density at radius 2 is 2.05 bits per heavy atom. The van der Waals surface area contributed by atoms with E-state index >= 15 is 0 Å². The number of rotatable bonds is 4. The standard InChI is InChI=1S/C10H9F3N2O4/c1-5(9(14)16)19-8-3-2-6(10(11,12)13)4-7(8)15(17)18/h2-5H,1H3,(H2,14,16). The Kier molecular flexibility index (Phi) is 3.98. The van der Waals surface area contributed by atoms with Crippen LogP contribution in [-0.4, -0.2) is 16.9 Å². The van der Waals surface area contributed by atoms with Crippen LogP contribution < -0.4 is 10.5 Å². The molecular weight excluding hydrogens is 269 g/mol. The number of nitro groups is 1. The first-order valence-electron chi connectivity index (χ1n) is 4.94. The second kappa shape index (κ2) is 5.12. The van der Waals surface area contributed by atoms with Gasteiger partial charge in [0.05, 0.1) is 10.5 Å². The summed E-state index contributed by atoms with van der Waals surface area (Å²) >= 11 is 0. The van der Waals surface area contributed by atoms with E-state index < -0.39 is 40.1 Å². The largest absolute Gasteiger partial charge is 0.474 e. The van der Waals surface area contributed by atoms with Crippen LogP contribution in [-0.2, 0) is 11.0 Å². The van der Waals surface area contributed by atoms with E-state index in [1.165, 1.54) is 6.92 Å². The van der Waals surface area contributed by atoms with E-state index in [2.05, 4.69) is 0 Å². The molecule has 0 aromatic heterocycles. The number of alkyl halides is 3. The lowest BCUT2D eigenvalue weighted by atomic mass is 10.2. The van der Waals surface area contributed by atoms with Crippen LogP contribution in [0.5, 0.6) is 5.75 Å². The highest BCUT2D eigenvalue weighted by atomic mass is 19.4.